The van der Waals surface area contributed by atoms with Gasteiger partial charge in [0, 0.05) is 0 Å². The maximum atomic E-state index is 11.7. The molecule has 0 bridgehead atoms. The number of esters is 1. The van der Waals surface area contributed by atoms with Crippen molar-refractivity contribution in [1.82, 2.24) is 0 Å². The number of aryl methyl sites for hydroxylation is 1. The molecular weight excluding hydrogens is 266 g/mol. The van der Waals surface area contributed by atoms with Crippen LogP contribution in [0.15, 0.2) is 24.3 Å². The number of carbonyl (C=O) groups is 1. The number of nitrogens with zero attached hydrogens (tertiary/aromatic N) is 1. The Morgan fingerprint density at radius 2 is 1.79 bits per heavy atom. The molecule has 5 nitrogen and oxygen atoms in total. The predicted octanol–water partition coefficient (Wildman–Crippen LogP) is 1.58. The van der Waals surface area contributed by atoms with Gasteiger partial charge in [0.1, 0.15) is 6.54 Å². The molecule has 1 aromatic rings. The molecule has 0 spiro atoms. The first kappa shape index (κ1) is 15.5. The number of benzene rings is 1. The normalized spacial score (nSPS) is 11.1. The first-order valence-corrected chi connectivity index (χ1v) is 7.95. The smallest absolute Gasteiger partial charge is 0.326 e. The highest BCUT2D eigenvalue weighted by molar-refractivity contribution is 7.92. The predicted molar refractivity (Wildman–Crippen MR) is 74.6 cm³/mol. The summed E-state index contributed by atoms with van der Waals surface area (Å²) in [4.78, 5) is 11.5. The fourth-order valence-electron chi connectivity index (χ4n) is 1.62. The topological polar surface area (TPSA) is 63.7 Å². The van der Waals surface area contributed by atoms with Crippen LogP contribution < -0.4 is 4.31 Å². The average Bonchev–Trinajstić information content (AvgIpc) is 2.35. The fourth-order valence-corrected chi connectivity index (χ4v) is 2.47. The number of sulfonamides is 1. The number of anilines is 1. The van der Waals surface area contributed by atoms with Crippen molar-refractivity contribution >= 4 is 21.7 Å². The largest absolute Gasteiger partial charge is 0.465 e. The van der Waals surface area contributed by atoms with Gasteiger partial charge in [-0.05, 0) is 31.0 Å². The minimum Gasteiger partial charge on any atom is -0.465 e. The molecule has 0 amide bonds. The second-order valence-corrected chi connectivity index (χ2v) is 6.00. The van der Waals surface area contributed by atoms with Gasteiger partial charge < -0.3 is 4.74 Å². The van der Waals surface area contributed by atoms with Crippen LogP contribution in [-0.4, -0.2) is 33.8 Å². The molecule has 0 fully saturated rings. The van der Waals surface area contributed by atoms with Crippen LogP contribution in [0.4, 0.5) is 5.69 Å². The monoisotopic (exact) mass is 285 g/mol. The van der Waals surface area contributed by atoms with Gasteiger partial charge >= 0.3 is 5.97 Å². The first-order chi connectivity index (χ1) is 8.88. The number of hydrogen-bond donors (Lipinski definition) is 0. The van der Waals surface area contributed by atoms with Crippen LogP contribution in [-0.2, 0) is 26.0 Å². The van der Waals surface area contributed by atoms with Crippen LogP contribution in [0.2, 0.25) is 0 Å². The second kappa shape index (κ2) is 6.56. The molecule has 0 saturated heterocycles. The van der Waals surface area contributed by atoms with Gasteiger partial charge in [0.2, 0.25) is 10.0 Å². The zero-order valence-corrected chi connectivity index (χ0v) is 12.2. The minimum atomic E-state index is -3.52. The molecule has 0 unspecified atom stereocenters. The van der Waals surface area contributed by atoms with Crippen molar-refractivity contribution < 1.29 is 17.9 Å². The highest BCUT2D eigenvalue weighted by atomic mass is 32.2. The Labute approximate surface area is 114 Å². The van der Waals surface area contributed by atoms with Gasteiger partial charge in [0.15, 0.2) is 0 Å². The third-order valence-electron chi connectivity index (χ3n) is 2.61. The molecule has 0 aromatic heterocycles. The van der Waals surface area contributed by atoms with Gasteiger partial charge in [-0.15, -0.1) is 0 Å². The van der Waals surface area contributed by atoms with E-state index < -0.39 is 16.0 Å². The quantitative estimate of drug-likeness (QED) is 0.744. The maximum absolute atomic E-state index is 11.7. The summed E-state index contributed by atoms with van der Waals surface area (Å²) in [6.45, 7) is 3.62. The Bertz CT molecular complexity index is 522. The highest BCUT2D eigenvalue weighted by Crippen LogP contribution is 2.18. The summed E-state index contributed by atoms with van der Waals surface area (Å²) in [5.41, 5.74) is 1.57. The minimum absolute atomic E-state index is 0.227. The van der Waals surface area contributed by atoms with E-state index in [0.29, 0.717) is 5.69 Å². The Hall–Kier alpha value is -1.56. The van der Waals surface area contributed by atoms with Crippen LogP contribution in [0.1, 0.15) is 19.4 Å². The molecule has 0 aliphatic heterocycles. The van der Waals surface area contributed by atoms with Gasteiger partial charge in [-0.2, -0.15) is 0 Å². The molecule has 0 aliphatic carbocycles. The van der Waals surface area contributed by atoms with Gasteiger partial charge in [0.25, 0.3) is 0 Å². The van der Waals surface area contributed by atoms with Crippen molar-refractivity contribution in [1.29, 1.82) is 0 Å². The standard InChI is InChI=1S/C13H19NO4S/c1-4-11-6-8-12(9-7-11)14(19(3,16)17)10-13(15)18-5-2/h6-9H,4-5,10H2,1-3H3. The highest BCUT2D eigenvalue weighted by Gasteiger charge is 2.21. The Morgan fingerprint density at radius 1 is 1.21 bits per heavy atom. The molecule has 0 aliphatic rings. The van der Waals surface area contributed by atoms with Crippen molar-refractivity contribution in [2.75, 3.05) is 23.7 Å². The molecule has 6 heteroatoms. The second-order valence-electron chi connectivity index (χ2n) is 4.09. The van der Waals surface area contributed by atoms with E-state index in [1.54, 1.807) is 19.1 Å². The molecular formula is C13H19NO4S. The van der Waals surface area contributed by atoms with E-state index >= 15 is 0 Å². The summed E-state index contributed by atoms with van der Waals surface area (Å²) in [7, 11) is -3.52. The molecule has 0 N–H and O–H groups in total. The number of rotatable bonds is 6. The van der Waals surface area contributed by atoms with Crippen LogP contribution in [0, 0.1) is 0 Å². The van der Waals surface area contributed by atoms with Gasteiger partial charge in [0.05, 0.1) is 18.6 Å². The van der Waals surface area contributed by atoms with E-state index in [9.17, 15) is 13.2 Å². The van der Waals surface area contributed by atoms with Crippen molar-refractivity contribution in [3.05, 3.63) is 29.8 Å². The van der Waals surface area contributed by atoms with Crippen LogP contribution in [0.3, 0.4) is 0 Å². The van der Waals surface area contributed by atoms with E-state index in [4.69, 9.17) is 4.74 Å². The first-order valence-electron chi connectivity index (χ1n) is 6.10. The summed E-state index contributed by atoms with van der Waals surface area (Å²) in [6, 6.07) is 7.08. The molecule has 0 atom stereocenters. The summed E-state index contributed by atoms with van der Waals surface area (Å²) >= 11 is 0. The zero-order valence-electron chi connectivity index (χ0n) is 11.4. The van der Waals surface area contributed by atoms with E-state index in [-0.39, 0.29) is 13.2 Å². The maximum Gasteiger partial charge on any atom is 0.326 e. The lowest BCUT2D eigenvalue weighted by atomic mass is 10.1. The molecule has 0 radical (unpaired) electrons. The van der Waals surface area contributed by atoms with Gasteiger partial charge in [-0.25, -0.2) is 8.42 Å². The Morgan fingerprint density at radius 3 is 2.21 bits per heavy atom. The van der Waals surface area contributed by atoms with Gasteiger partial charge in [-0.3, -0.25) is 9.10 Å². The van der Waals surface area contributed by atoms with Crippen LogP contribution >= 0.6 is 0 Å². The lowest BCUT2D eigenvalue weighted by Crippen LogP contribution is -2.35. The van der Waals surface area contributed by atoms with Crippen LogP contribution in [0.5, 0.6) is 0 Å². The van der Waals surface area contributed by atoms with E-state index in [0.717, 1.165) is 22.5 Å². The number of ether oxygens (including phenoxy) is 1. The summed E-state index contributed by atoms with van der Waals surface area (Å²) in [6.07, 6.45) is 1.94. The average molecular weight is 285 g/mol. The van der Waals surface area contributed by atoms with Crippen molar-refractivity contribution in [3.8, 4) is 0 Å². The summed E-state index contributed by atoms with van der Waals surface area (Å²) in [5, 5.41) is 0. The number of carbonyl (C=O) groups excluding carboxylic acids is 1. The number of hydrogen-bond acceptors (Lipinski definition) is 4. The third-order valence-corrected chi connectivity index (χ3v) is 3.75. The fraction of sp³-hybridized carbons (Fsp3) is 0.462. The summed E-state index contributed by atoms with van der Waals surface area (Å²) < 4.78 is 29.3. The summed E-state index contributed by atoms with van der Waals surface area (Å²) in [5.74, 6) is -0.563. The molecule has 19 heavy (non-hydrogen) atoms. The lowest BCUT2D eigenvalue weighted by Gasteiger charge is -2.21. The van der Waals surface area contributed by atoms with Crippen molar-refractivity contribution in [3.63, 3.8) is 0 Å². The third kappa shape index (κ3) is 4.55. The molecule has 1 rings (SSSR count). The molecule has 106 valence electrons. The lowest BCUT2D eigenvalue weighted by molar-refractivity contribution is -0.141. The Balaban J connectivity index is 3.00. The zero-order chi connectivity index (χ0) is 14.5. The van der Waals surface area contributed by atoms with Crippen molar-refractivity contribution in [2.24, 2.45) is 0 Å². The molecule has 0 heterocycles. The Kier molecular flexibility index (Phi) is 5.35. The molecule has 1 aromatic carbocycles. The van der Waals surface area contributed by atoms with Crippen LogP contribution in [0.25, 0.3) is 0 Å². The van der Waals surface area contributed by atoms with Gasteiger partial charge in [-0.1, -0.05) is 19.1 Å². The van der Waals surface area contributed by atoms with Crippen molar-refractivity contribution in [2.45, 2.75) is 20.3 Å². The molecule has 0 saturated carbocycles. The van der Waals surface area contributed by atoms with E-state index in [1.165, 1.54) is 0 Å². The SMILES string of the molecule is CCOC(=O)CN(c1ccc(CC)cc1)S(C)(=O)=O. The van der Waals surface area contributed by atoms with E-state index in [2.05, 4.69) is 0 Å². The van der Waals surface area contributed by atoms with E-state index in [1.807, 2.05) is 19.1 Å².